The van der Waals surface area contributed by atoms with Gasteiger partial charge in [0.15, 0.2) is 0 Å². The third-order valence-electron chi connectivity index (χ3n) is 5.17. The number of pyridine rings is 1. The molecule has 1 aromatic rings. The van der Waals surface area contributed by atoms with Crippen LogP contribution in [0.5, 0.6) is 5.88 Å². The molecule has 0 aliphatic carbocycles. The fourth-order valence-electron chi connectivity index (χ4n) is 3.25. The predicted octanol–water partition coefficient (Wildman–Crippen LogP) is 2.60. The summed E-state index contributed by atoms with van der Waals surface area (Å²) in [6.07, 6.45) is -6.97. The van der Waals surface area contributed by atoms with Crippen molar-refractivity contribution in [3.8, 4) is 5.88 Å². The van der Waals surface area contributed by atoms with Crippen molar-refractivity contribution in [1.29, 1.82) is 0 Å². The van der Waals surface area contributed by atoms with Crippen LogP contribution in [0.15, 0.2) is 23.2 Å². The number of carboxylic acids is 2. The zero-order valence-corrected chi connectivity index (χ0v) is 20.1. The molecular formula is C19H25F6N3O7S. The van der Waals surface area contributed by atoms with E-state index in [1.165, 1.54) is 4.31 Å². The number of nitrogens with zero attached hydrogens (tertiary/aromatic N) is 3. The number of likely N-dealkylation sites (tertiary alicyclic amines) is 1. The maximum absolute atomic E-state index is 12.6. The summed E-state index contributed by atoms with van der Waals surface area (Å²) in [6.45, 7) is 6.55. The van der Waals surface area contributed by atoms with Gasteiger partial charge in [0.1, 0.15) is 10.5 Å². The highest BCUT2D eigenvalue weighted by molar-refractivity contribution is 7.89. The highest BCUT2D eigenvalue weighted by Gasteiger charge is 2.45. The molecule has 2 aliphatic heterocycles. The number of halogens is 6. The van der Waals surface area contributed by atoms with Gasteiger partial charge in [0, 0.05) is 45.2 Å². The Bertz CT molecular complexity index is 999. The third kappa shape index (κ3) is 8.48. The number of ether oxygens (including phenoxy) is 1. The Labute approximate surface area is 202 Å². The Balaban J connectivity index is 0.000000383. The molecule has 0 saturated carbocycles. The molecule has 3 heterocycles. The van der Waals surface area contributed by atoms with E-state index in [0.717, 1.165) is 25.9 Å². The summed E-state index contributed by atoms with van der Waals surface area (Å²) in [6, 6.07) is 3.69. The van der Waals surface area contributed by atoms with Gasteiger partial charge in [-0.3, -0.25) is 0 Å². The van der Waals surface area contributed by atoms with Gasteiger partial charge in [-0.05, 0) is 26.0 Å². The molecule has 17 heteroatoms. The highest BCUT2D eigenvalue weighted by Crippen LogP contribution is 2.37. The van der Waals surface area contributed by atoms with Crippen LogP contribution in [0.4, 0.5) is 26.3 Å². The van der Waals surface area contributed by atoms with Crippen molar-refractivity contribution >= 4 is 22.0 Å². The topological polar surface area (TPSA) is 137 Å². The van der Waals surface area contributed by atoms with Crippen LogP contribution in [-0.2, 0) is 19.6 Å². The molecule has 1 aromatic heterocycles. The van der Waals surface area contributed by atoms with Crippen molar-refractivity contribution in [3.63, 3.8) is 0 Å². The molecule has 1 fully saturated rings. The first-order valence-electron chi connectivity index (χ1n) is 10.2. The first-order valence-corrected chi connectivity index (χ1v) is 11.6. The van der Waals surface area contributed by atoms with E-state index >= 15 is 0 Å². The average molecular weight is 553 g/mol. The fourth-order valence-corrected chi connectivity index (χ4v) is 4.56. The number of hydrogen-bond donors (Lipinski definition) is 2. The largest absolute Gasteiger partial charge is 0.490 e. The number of aliphatic carboxylic acids is 2. The number of carbonyl (C=O) groups is 2. The highest BCUT2D eigenvalue weighted by atomic mass is 32.2. The zero-order chi connectivity index (χ0) is 28.1. The SMILES string of the molecule is CC(C)N1CCC2(CC1)CN(C)S(=O)(=O)c1cccnc1O2.O=C(O)C(F)(F)F.O=C(O)C(F)(F)F. The monoisotopic (exact) mass is 553 g/mol. The average Bonchev–Trinajstić information content (AvgIpc) is 2.81. The normalized spacial score (nSPS) is 19.5. The Morgan fingerprint density at radius 2 is 1.50 bits per heavy atom. The number of sulfonamides is 1. The van der Waals surface area contributed by atoms with Crippen LogP contribution < -0.4 is 4.74 Å². The zero-order valence-electron chi connectivity index (χ0n) is 19.3. The Morgan fingerprint density at radius 3 is 1.89 bits per heavy atom. The van der Waals surface area contributed by atoms with Crippen molar-refractivity contribution in [1.82, 2.24) is 14.2 Å². The van der Waals surface area contributed by atoms with Gasteiger partial charge in [-0.15, -0.1) is 0 Å². The van der Waals surface area contributed by atoms with E-state index < -0.39 is 39.9 Å². The standard InChI is InChI=1S/C15H23N3O3S.2C2HF3O2/c1-12(2)18-9-6-15(7-10-18)11-17(3)22(19,20)13-5-4-8-16-14(13)21-15;2*3-2(4,5)1(6)7/h4-5,8,12H,6-7,9-11H2,1-3H3;2*(H,6,7). The molecule has 0 radical (unpaired) electrons. The van der Waals surface area contributed by atoms with Gasteiger partial charge >= 0.3 is 24.3 Å². The van der Waals surface area contributed by atoms with Gasteiger partial charge in [-0.2, -0.15) is 30.6 Å². The number of rotatable bonds is 1. The van der Waals surface area contributed by atoms with Gasteiger partial charge in [0.2, 0.25) is 15.9 Å². The summed E-state index contributed by atoms with van der Waals surface area (Å²) >= 11 is 0. The molecule has 1 saturated heterocycles. The van der Waals surface area contributed by atoms with Crippen LogP contribution in [0.25, 0.3) is 0 Å². The van der Waals surface area contributed by atoms with E-state index in [-0.39, 0.29) is 10.8 Å². The van der Waals surface area contributed by atoms with Crippen molar-refractivity contribution in [3.05, 3.63) is 18.3 Å². The molecule has 2 N–H and O–H groups in total. The summed E-state index contributed by atoms with van der Waals surface area (Å²) in [5, 5.41) is 14.2. The lowest BCUT2D eigenvalue weighted by molar-refractivity contribution is -0.193. The minimum Gasteiger partial charge on any atom is -0.475 e. The number of likely N-dealkylation sites (N-methyl/N-ethyl adjacent to an activating group) is 1. The van der Waals surface area contributed by atoms with Gasteiger partial charge in [0.05, 0.1) is 6.54 Å². The van der Waals surface area contributed by atoms with Gasteiger partial charge in [0.25, 0.3) is 0 Å². The van der Waals surface area contributed by atoms with E-state index in [1.807, 2.05) is 0 Å². The van der Waals surface area contributed by atoms with Gasteiger partial charge in [-0.1, -0.05) is 0 Å². The summed E-state index contributed by atoms with van der Waals surface area (Å²) < 4.78 is 96.3. The van der Waals surface area contributed by atoms with E-state index in [0.29, 0.717) is 12.6 Å². The molecule has 36 heavy (non-hydrogen) atoms. The molecule has 0 aromatic carbocycles. The first kappa shape index (κ1) is 31.4. The Morgan fingerprint density at radius 1 is 1.06 bits per heavy atom. The van der Waals surface area contributed by atoms with E-state index in [2.05, 4.69) is 23.7 Å². The number of carboxylic acid groups (broad SMARTS) is 2. The van der Waals surface area contributed by atoms with Crippen molar-refractivity contribution in [2.45, 2.75) is 55.6 Å². The van der Waals surface area contributed by atoms with Crippen LogP contribution in [0.3, 0.4) is 0 Å². The quantitative estimate of drug-likeness (QED) is 0.503. The summed E-state index contributed by atoms with van der Waals surface area (Å²) in [5.41, 5.74) is -0.479. The van der Waals surface area contributed by atoms with Crippen LogP contribution in [0.2, 0.25) is 0 Å². The molecule has 3 rings (SSSR count). The van der Waals surface area contributed by atoms with Crippen LogP contribution in [0.1, 0.15) is 26.7 Å². The van der Waals surface area contributed by atoms with Gasteiger partial charge < -0.3 is 19.8 Å². The van der Waals surface area contributed by atoms with E-state index in [9.17, 15) is 34.8 Å². The molecule has 206 valence electrons. The van der Waals surface area contributed by atoms with Gasteiger partial charge in [-0.25, -0.2) is 23.0 Å². The number of aromatic nitrogens is 1. The summed E-state index contributed by atoms with van der Waals surface area (Å²) in [4.78, 5) is 24.5. The molecule has 0 atom stereocenters. The number of fused-ring (bicyclic) bond motifs is 1. The minimum absolute atomic E-state index is 0.167. The predicted molar refractivity (Wildman–Crippen MR) is 111 cm³/mol. The maximum Gasteiger partial charge on any atom is 0.490 e. The minimum atomic E-state index is -5.08. The summed E-state index contributed by atoms with van der Waals surface area (Å²) in [5.74, 6) is -5.27. The molecule has 0 amide bonds. The second-order valence-corrected chi connectivity index (χ2v) is 10.1. The lowest BCUT2D eigenvalue weighted by atomic mass is 9.90. The molecule has 0 unspecified atom stereocenters. The smallest absolute Gasteiger partial charge is 0.475 e. The second kappa shape index (κ2) is 11.6. The Hall–Kier alpha value is -2.66. The molecule has 0 bridgehead atoms. The molecule has 2 aliphatic rings. The van der Waals surface area contributed by atoms with Crippen LogP contribution in [0, 0.1) is 0 Å². The third-order valence-corrected chi connectivity index (χ3v) is 6.99. The maximum atomic E-state index is 12.6. The van der Waals surface area contributed by atoms with E-state index in [4.69, 9.17) is 24.5 Å². The molecular weight excluding hydrogens is 528 g/mol. The lowest BCUT2D eigenvalue weighted by Gasteiger charge is -2.42. The number of piperidine rings is 1. The first-order chi connectivity index (χ1) is 16.2. The van der Waals surface area contributed by atoms with Crippen LogP contribution >= 0.6 is 0 Å². The number of hydrogen-bond acceptors (Lipinski definition) is 7. The molecule has 1 spiro atoms. The van der Waals surface area contributed by atoms with E-state index in [1.54, 1.807) is 25.4 Å². The van der Waals surface area contributed by atoms with Crippen LogP contribution in [-0.4, -0.2) is 95.4 Å². The van der Waals surface area contributed by atoms with Crippen molar-refractivity contribution < 1.29 is 59.3 Å². The summed E-state index contributed by atoms with van der Waals surface area (Å²) in [7, 11) is -1.91. The van der Waals surface area contributed by atoms with Crippen molar-refractivity contribution in [2.24, 2.45) is 0 Å². The fraction of sp³-hybridized carbons (Fsp3) is 0.632. The molecule has 10 nitrogen and oxygen atoms in total. The van der Waals surface area contributed by atoms with Crippen molar-refractivity contribution in [2.75, 3.05) is 26.7 Å². The lowest BCUT2D eigenvalue weighted by Crippen LogP contribution is -2.54. The number of alkyl halides is 6. The second-order valence-electron chi connectivity index (χ2n) is 8.09. The Kier molecular flexibility index (Phi) is 10.1.